The van der Waals surface area contributed by atoms with Gasteiger partial charge in [-0.3, -0.25) is 0 Å². The number of rotatable bonds is 6. The number of allylic oxidation sites excluding steroid dienone is 5. The Bertz CT molecular complexity index is 988. The zero-order chi connectivity index (χ0) is 17.8. The van der Waals surface area contributed by atoms with Gasteiger partial charge in [-0.1, -0.05) is 61.2 Å². The molecule has 0 bridgehead atoms. The van der Waals surface area contributed by atoms with Gasteiger partial charge in [0.05, 0.1) is 11.1 Å². The zero-order valence-corrected chi connectivity index (χ0v) is 14.8. The minimum Gasteiger partial charge on any atom is -0.456 e. The Hall–Kier alpha value is -3.00. The van der Waals surface area contributed by atoms with Crippen LogP contribution in [0.5, 0.6) is 0 Å². The Balaban J connectivity index is 1.94. The average Bonchev–Trinajstić information content (AvgIpc) is 3.02. The molecule has 3 rings (SSSR count). The summed E-state index contributed by atoms with van der Waals surface area (Å²) < 4.78 is 5.97. The molecule has 2 aromatic carbocycles. The normalized spacial score (nSPS) is 11.8. The summed E-state index contributed by atoms with van der Waals surface area (Å²) in [6.07, 6.45) is 9.01. The van der Waals surface area contributed by atoms with Crippen molar-refractivity contribution in [3.8, 4) is 0 Å². The summed E-state index contributed by atoms with van der Waals surface area (Å²) in [7, 11) is 2.03. The third-order valence-electron chi connectivity index (χ3n) is 4.30. The SMILES string of the molecule is C=C(/C=C\C(=C)N(C)c1cccc2oc3ccccc3c12)C/C=C\C. The molecule has 0 amide bonds. The van der Waals surface area contributed by atoms with Gasteiger partial charge in [-0.15, -0.1) is 0 Å². The number of benzene rings is 2. The van der Waals surface area contributed by atoms with Gasteiger partial charge in [0.25, 0.3) is 0 Å². The van der Waals surface area contributed by atoms with Crippen molar-refractivity contribution in [2.45, 2.75) is 13.3 Å². The van der Waals surface area contributed by atoms with Gasteiger partial charge < -0.3 is 9.32 Å². The molecule has 2 nitrogen and oxygen atoms in total. The molecule has 25 heavy (non-hydrogen) atoms. The van der Waals surface area contributed by atoms with Crippen molar-refractivity contribution >= 4 is 27.6 Å². The number of hydrogen-bond donors (Lipinski definition) is 0. The predicted molar refractivity (Wildman–Crippen MR) is 109 cm³/mol. The Morgan fingerprint density at radius 3 is 2.60 bits per heavy atom. The van der Waals surface area contributed by atoms with Gasteiger partial charge in [0.1, 0.15) is 11.2 Å². The van der Waals surface area contributed by atoms with Crippen LogP contribution in [0.15, 0.2) is 95.6 Å². The van der Waals surface area contributed by atoms with Crippen LogP contribution < -0.4 is 4.90 Å². The average molecular weight is 329 g/mol. The first-order valence-electron chi connectivity index (χ1n) is 8.41. The maximum atomic E-state index is 5.97. The largest absolute Gasteiger partial charge is 0.456 e. The number of fused-ring (bicyclic) bond motifs is 3. The molecule has 0 saturated carbocycles. The van der Waals surface area contributed by atoms with Crippen molar-refractivity contribution in [2.75, 3.05) is 11.9 Å². The second kappa shape index (κ2) is 7.27. The standard InChI is InChI=1S/C23H23NO/c1-5-6-10-17(2)15-16-18(3)24(4)20-12-9-14-22-23(20)19-11-7-8-13-21(19)25-22/h5-9,11-16H,2-3,10H2,1,4H3/b6-5-,16-15-. The van der Waals surface area contributed by atoms with Crippen LogP contribution >= 0.6 is 0 Å². The van der Waals surface area contributed by atoms with E-state index in [4.69, 9.17) is 4.42 Å². The third kappa shape index (κ3) is 3.43. The minimum absolute atomic E-state index is 0.853. The summed E-state index contributed by atoms with van der Waals surface area (Å²) in [4.78, 5) is 2.09. The maximum absolute atomic E-state index is 5.97. The van der Waals surface area contributed by atoms with E-state index in [0.29, 0.717) is 0 Å². The van der Waals surface area contributed by atoms with Crippen molar-refractivity contribution < 1.29 is 4.42 Å². The van der Waals surface area contributed by atoms with Gasteiger partial charge in [-0.25, -0.2) is 0 Å². The summed E-state index contributed by atoms with van der Waals surface area (Å²) in [5.74, 6) is 0. The highest BCUT2D eigenvalue weighted by Gasteiger charge is 2.13. The number of furan rings is 1. The molecule has 0 spiro atoms. The van der Waals surface area contributed by atoms with E-state index in [1.807, 2.05) is 62.5 Å². The van der Waals surface area contributed by atoms with E-state index in [1.54, 1.807) is 0 Å². The second-order valence-electron chi connectivity index (χ2n) is 6.06. The van der Waals surface area contributed by atoms with Crippen LogP contribution in [0.25, 0.3) is 21.9 Å². The van der Waals surface area contributed by atoms with Gasteiger partial charge >= 0.3 is 0 Å². The molecule has 0 radical (unpaired) electrons. The molecule has 2 heteroatoms. The highest BCUT2D eigenvalue weighted by Crippen LogP contribution is 2.36. The lowest BCUT2D eigenvalue weighted by Crippen LogP contribution is -2.14. The second-order valence-corrected chi connectivity index (χ2v) is 6.06. The minimum atomic E-state index is 0.853. The number of para-hydroxylation sites is 1. The van der Waals surface area contributed by atoms with E-state index in [9.17, 15) is 0 Å². The Kier molecular flexibility index (Phi) is 4.90. The summed E-state index contributed by atoms with van der Waals surface area (Å²) >= 11 is 0. The molecule has 126 valence electrons. The van der Waals surface area contributed by atoms with Crippen LogP contribution in [0.1, 0.15) is 13.3 Å². The molecule has 0 aliphatic heterocycles. The van der Waals surface area contributed by atoms with E-state index in [0.717, 1.165) is 45.3 Å². The molecule has 0 unspecified atom stereocenters. The van der Waals surface area contributed by atoms with Crippen LogP contribution in [0.3, 0.4) is 0 Å². The lowest BCUT2D eigenvalue weighted by molar-refractivity contribution is 0.669. The van der Waals surface area contributed by atoms with E-state index >= 15 is 0 Å². The van der Waals surface area contributed by atoms with Crippen LogP contribution in [0, 0.1) is 0 Å². The fraction of sp³-hybridized carbons (Fsp3) is 0.130. The summed E-state index contributed by atoms with van der Waals surface area (Å²) in [5, 5.41) is 2.23. The molecule has 0 atom stereocenters. The summed E-state index contributed by atoms with van der Waals surface area (Å²) in [6.45, 7) is 10.3. The van der Waals surface area contributed by atoms with E-state index in [-0.39, 0.29) is 0 Å². The van der Waals surface area contributed by atoms with Crippen molar-refractivity contribution in [3.63, 3.8) is 0 Å². The van der Waals surface area contributed by atoms with Gasteiger partial charge in [0, 0.05) is 18.1 Å². The maximum Gasteiger partial charge on any atom is 0.137 e. The first-order chi connectivity index (χ1) is 12.1. The number of hydrogen-bond acceptors (Lipinski definition) is 2. The Morgan fingerprint density at radius 1 is 1.04 bits per heavy atom. The van der Waals surface area contributed by atoms with E-state index in [2.05, 4.69) is 36.3 Å². The first-order valence-corrected chi connectivity index (χ1v) is 8.41. The molecule has 0 saturated heterocycles. The monoisotopic (exact) mass is 329 g/mol. The van der Waals surface area contributed by atoms with Crippen LogP contribution in [0.2, 0.25) is 0 Å². The topological polar surface area (TPSA) is 16.4 Å². The summed E-state index contributed by atoms with van der Waals surface area (Å²) in [5.41, 5.74) is 4.83. The van der Waals surface area contributed by atoms with Crippen LogP contribution in [0.4, 0.5) is 5.69 Å². The molecular formula is C23H23NO. The number of anilines is 1. The van der Waals surface area contributed by atoms with Gasteiger partial charge in [-0.2, -0.15) is 0 Å². The number of likely N-dealkylation sites (N-methyl/N-ethyl adjacent to an activating group) is 1. The highest BCUT2D eigenvalue weighted by atomic mass is 16.3. The van der Waals surface area contributed by atoms with Crippen molar-refractivity contribution in [2.24, 2.45) is 0 Å². The lowest BCUT2D eigenvalue weighted by atomic mass is 10.1. The van der Waals surface area contributed by atoms with Crippen LogP contribution in [-0.4, -0.2) is 7.05 Å². The van der Waals surface area contributed by atoms with Gasteiger partial charge in [0.15, 0.2) is 0 Å². The molecular weight excluding hydrogens is 306 g/mol. The summed E-state index contributed by atoms with van der Waals surface area (Å²) in [6, 6.07) is 14.2. The molecule has 0 aliphatic rings. The highest BCUT2D eigenvalue weighted by molar-refractivity contribution is 6.11. The third-order valence-corrected chi connectivity index (χ3v) is 4.30. The number of nitrogens with zero attached hydrogens (tertiary/aromatic N) is 1. The lowest BCUT2D eigenvalue weighted by Gasteiger charge is -2.20. The fourth-order valence-electron chi connectivity index (χ4n) is 2.85. The van der Waals surface area contributed by atoms with Crippen molar-refractivity contribution in [1.29, 1.82) is 0 Å². The van der Waals surface area contributed by atoms with E-state index < -0.39 is 0 Å². The molecule has 0 aliphatic carbocycles. The van der Waals surface area contributed by atoms with Crippen molar-refractivity contribution in [1.82, 2.24) is 0 Å². The quantitative estimate of drug-likeness (QED) is 0.373. The Labute approximate surface area is 149 Å². The zero-order valence-electron chi connectivity index (χ0n) is 14.8. The van der Waals surface area contributed by atoms with Crippen molar-refractivity contribution in [3.05, 3.63) is 91.2 Å². The molecule has 3 aromatic rings. The molecule has 1 heterocycles. The van der Waals surface area contributed by atoms with E-state index in [1.165, 1.54) is 0 Å². The first kappa shape index (κ1) is 16.8. The predicted octanol–water partition coefficient (Wildman–Crippen LogP) is 6.61. The Morgan fingerprint density at radius 2 is 1.80 bits per heavy atom. The molecule has 1 aromatic heterocycles. The molecule has 0 fully saturated rings. The smallest absolute Gasteiger partial charge is 0.137 e. The van der Waals surface area contributed by atoms with Crippen LogP contribution in [-0.2, 0) is 0 Å². The van der Waals surface area contributed by atoms with Gasteiger partial charge in [0.2, 0.25) is 0 Å². The molecule has 0 N–H and O–H groups in total. The fourth-order valence-corrected chi connectivity index (χ4v) is 2.85. The van der Waals surface area contributed by atoms with Gasteiger partial charge in [-0.05, 0) is 37.6 Å².